The van der Waals surface area contributed by atoms with Gasteiger partial charge in [0.25, 0.3) is 0 Å². The summed E-state index contributed by atoms with van der Waals surface area (Å²) in [6.07, 6.45) is 2.55. The van der Waals surface area contributed by atoms with Gasteiger partial charge in [0.15, 0.2) is 0 Å². The van der Waals surface area contributed by atoms with Crippen molar-refractivity contribution in [2.24, 2.45) is 11.8 Å². The van der Waals surface area contributed by atoms with Crippen LogP contribution in [0.5, 0.6) is 0 Å². The monoisotopic (exact) mass is 471 g/mol. The van der Waals surface area contributed by atoms with E-state index in [0.717, 1.165) is 30.4 Å². The maximum Gasteiger partial charge on any atom is 0.243 e. The van der Waals surface area contributed by atoms with Crippen molar-refractivity contribution in [2.45, 2.75) is 44.0 Å². The Morgan fingerprint density at radius 2 is 1.89 bits per heavy atom. The number of likely N-dealkylation sites (tertiary alicyclic amines) is 1. The Hall–Kier alpha value is -0.960. The fourth-order valence-corrected chi connectivity index (χ4v) is 5.81. The average Bonchev–Trinajstić information content (AvgIpc) is 3.16. The van der Waals surface area contributed by atoms with Crippen molar-refractivity contribution in [2.75, 3.05) is 32.7 Å². The van der Waals surface area contributed by atoms with Crippen molar-refractivity contribution in [3.05, 3.63) is 28.7 Å². The van der Waals surface area contributed by atoms with Gasteiger partial charge in [-0.1, -0.05) is 15.9 Å². The topological polar surface area (TPSA) is 69.7 Å². The first-order chi connectivity index (χ1) is 13.3. The van der Waals surface area contributed by atoms with Gasteiger partial charge >= 0.3 is 0 Å². The molecule has 1 N–H and O–H groups in total. The summed E-state index contributed by atoms with van der Waals surface area (Å²) in [7, 11) is -3.57. The molecule has 2 aliphatic rings. The van der Waals surface area contributed by atoms with Crippen LogP contribution in [0.25, 0.3) is 0 Å². The quantitative estimate of drug-likeness (QED) is 0.692. The molecule has 0 aliphatic carbocycles. The van der Waals surface area contributed by atoms with E-state index in [9.17, 15) is 13.2 Å². The van der Waals surface area contributed by atoms with Crippen LogP contribution in [0.1, 0.15) is 33.1 Å². The van der Waals surface area contributed by atoms with Crippen LogP contribution in [0, 0.1) is 11.8 Å². The number of nitrogens with zero attached hydrogens (tertiary/aromatic N) is 2. The number of carbonyl (C=O) groups is 1. The summed E-state index contributed by atoms with van der Waals surface area (Å²) in [5, 5.41) is 3.08. The van der Waals surface area contributed by atoms with E-state index in [2.05, 4.69) is 40.0 Å². The number of amides is 1. The van der Waals surface area contributed by atoms with Gasteiger partial charge in [-0.2, -0.15) is 4.31 Å². The predicted molar refractivity (Wildman–Crippen MR) is 113 cm³/mol. The molecule has 1 amide bonds. The Balaban J connectivity index is 1.55. The van der Waals surface area contributed by atoms with Gasteiger partial charge in [0.05, 0.1) is 10.8 Å². The van der Waals surface area contributed by atoms with E-state index < -0.39 is 10.0 Å². The number of sulfonamides is 1. The van der Waals surface area contributed by atoms with E-state index in [1.165, 1.54) is 4.31 Å². The molecule has 3 rings (SSSR count). The molecule has 0 bridgehead atoms. The second kappa shape index (κ2) is 9.24. The first-order valence-electron chi connectivity index (χ1n) is 10.0. The normalized spacial score (nSPS) is 24.6. The number of rotatable bonds is 6. The molecule has 6 nitrogen and oxygen atoms in total. The molecule has 2 unspecified atom stereocenters. The van der Waals surface area contributed by atoms with Crippen molar-refractivity contribution in [3.63, 3.8) is 0 Å². The summed E-state index contributed by atoms with van der Waals surface area (Å²) >= 11 is 3.33. The highest BCUT2D eigenvalue weighted by molar-refractivity contribution is 9.10. The number of hydrogen-bond acceptors (Lipinski definition) is 4. The first-order valence-corrected chi connectivity index (χ1v) is 12.3. The maximum absolute atomic E-state index is 12.9. The summed E-state index contributed by atoms with van der Waals surface area (Å²) in [5.74, 6) is 0.192. The Morgan fingerprint density at radius 1 is 1.18 bits per heavy atom. The molecule has 0 saturated carbocycles. The van der Waals surface area contributed by atoms with E-state index in [4.69, 9.17) is 0 Å². The van der Waals surface area contributed by atoms with Crippen molar-refractivity contribution in [1.29, 1.82) is 0 Å². The number of halogens is 1. The van der Waals surface area contributed by atoms with Crippen molar-refractivity contribution >= 4 is 31.9 Å². The molecule has 2 saturated heterocycles. The zero-order valence-electron chi connectivity index (χ0n) is 16.6. The Kier molecular flexibility index (Phi) is 7.17. The molecule has 1 aromatic rings. The van der Waals surface area contributed by atoms with Gasteiger partial charge in [0, 0.05) is 36.7 Å². The van der Waals surface area contributed by atoms with E-state index >= 15 is 0 Å². The molecule has 2 atom stereocenters. The van der Waals surface area contributed by atoms with E-state index in [-0.39, 0.29) is 23.3 Å². The van der Waals surface area contributed by atoms with Crippen LogP contribution in [-0.2, 0) is 14.8 Å². The predicted octanol–water partition coefficient (Wildman–Crippen LogP) is 2.70. The molecule has 28 heavy (non-hydrogen) atoms. The molecule has 156 valence electrons. The molecule has 2 aliphatic heterocycles. The fraction of sp³-hybridized carbons (Fsp3) is 0.650. The Morgan fingerprint density at radius 3 is 2.54 bits per heavy atom. The van der Waals surface area contributed by atoms with E-state index in [1.54, 1.807) is 24.3 Å². The number of carbonyl (C=O) groups excluding carboxylic acids is 1. The Labute approximate surface area is 176 Å². The van der Waals surface area contributed by atoms with Crippen LogP contribution < -0.4 is 5.32 Å². The summed E-state index contributed by atoms with van der Waals surface area (Å²) in [6, 6.07) is 7.19. The van der Waals surface area contributed by atoms with Crippen LogP contribution in [0.2, 0.25) is 0 Å². The molecule has 2 heterocycles. The minimum atomic E-state index is -3.57. The van der Waals surface area contributed by atoms with Gasteiger partial charge in [-0.25, -0.2) is 8.42 Å². The van der Waals surface area contributed by atoms with Crippen LogP contribution in [0.3, 0.4) is 0 Å². The van der Waals surface area contributed by atoms with Crippen molar-refractivity contribution < 1.29 is 13.2 Å². The van der Waals surface area contributed by atoms with Gasteiger partial charge in [-0.15, -0.1) is 0 Å². The van der Waals surface area contributed by atoms with Crippen molar-refractivity contribution in [1.82, 2.24) is 14.5 Å². The number of piperidine rings is 1. The van der Waals surface area contributed by atoms with Crippen LogP contribution >= 0.6 is 15.9 Å². The molecular formula is C20H30BrN3O3S. The van der Waals surface area contributed by atoms with Crippen LogP contribution in [0.4, 0.5) is 0 Å². The average molecular weight is 472 g/mol. The SMILES string of the molecule is CC(C)N1CCC(CNC(=O)C2CCCN(S(=O)(=O)c3ccc(Br)cc3)C2)C1. The third-order valence-corrected chi connectivity index (χ3v) is 8.23. The minimum absolute atomic E-state index is 0.0151. The zero-order chi connectivity index (χ0) is 20.3. The molecule has 0 spiro atoms. The van der Waals surface area contributed by atoms with Gasteiger partial charge in [-0.05, 0) is 69.8 Å². The Bertz CT molecular complexity index is 782. The highest BCUT2D eigenvalue weighted by Gasteiger charge is 2.33. The van der Waals surface area contributed by atoms with Gasteiger partial charge < -0.3 is 10.2 Å². The number of nitrogens with one attached hydrogen (secondary N) is 1. The first kappa shape index (κ1) is 21.7. The smallest absolute Gasteiger partial charge is 0.243 e. The summed E-state index contributed by atoms with van der Waals surface area (Å²) in [5.41, 5.74) is 0. The van der Waals surface area contributed by atoms with Crippen molar-refractivity contribution in [3.8, 4) is 0 Å². The van der Waals surface area contributed by atoms with Gasteiger partial charge in [0.1, 0.15) is 0 Å². The lowest BCUT2D eigenvalue weighted by atomic mass is 9.98. The zero-order valence-corrected chi connectivity index (χ0v) is 19.0. The number of hydrogen-bond donors (Lipinski definition) is 1. The molecular weight excluding hydrogens is 442 g/mol. The fourth-order valence-electron chi connectivity index (χ4n) is 4.02. The lowest BCUT2D eigenvalue weighted by Gasteiger charge is -2.31. The van der Waals surface area contributed by atoms with E-state index in [1.807, 2.05) is 0 Å². The lowest BCUT2D eigenvalue weighted by Crippen LogP contribution is -2.46. The summed E-state index contributed by atoms with van der Waals surface area (Å²) < 4.78 is 28.1. The van der Waals surface area contributed by atoms with Crippen LogP contribution in [0.15, 0.2) is 33.6 Å². The van der Waals surface area contributed by atoms with Crippen LogP contribution in [-0.4, -0.2) is 62.3 Å². The number of benzene rings is 1. The van der Waals surface area contributed by atoms with Gasteiger partial charge in [-0.3, -0.25) is 4.79 Å². The second-order valence-electron chi connectivity index (χ2n) is 8.14. The molecule has 0 radical (unpaired) electrons. The summed E-state index contributed by atoms with van der Waals surface area (Å²) in [4.78, 5) is 15.4. The minimum Gasteiger partial charge on any atom is -0.355 e. The molecule has 0 aromatic heterocycles. The third-order valence-electron chi connectivity index (χ3n) is 5.82. The highest BCUT2D eigenvalue weighted by Crippen LogP contribution is 2.25. The standard InChI is InChI=1S/C20H30BrN3O3S/c1-15(2)23-11-9-16(13-23)12-22-20(25)17-4-3-10-24(14-17)28(26,27)19-7-5-18(21)6-8-19/h5-8,15-17H,3-4,9-14H2,1-2H3,(H,22,25). The molecule has 8 heteroatoms. The largest absolute Gasteiger partial charge is 0.355 e. The van der Waals surface area contributed by atoms with Gasteiger partial charge in [0.2, 0.25) is 15.9 Å². The third kappa shape index (κ3) is 5.14. The maximum atomic E-state index is 12.9. The lowest BCUT2D eigenvalue weighted by molar-refractivity contribution is -0.126. The summed E-state index contributed by atoms with van der Waals surface area (Å²) in [6.45, 7) is 7.90. The second-order valence-corrected chi connectivity index (χ2v) is 11.0. The molecule has 2 fully saturated rings. The molecule has 1 aromatic carbocycles. The van der Waals surface area contributed by atoms with E-state index in [0.29, 0.717) is 31.5 Å². The highest BCUT2D eigenvalue weighted by atomic mass is 79.9.